The van der Waals surface area contributed by atoms with E-state index in [1.165, 1.54) is 10.6 Å². The summed E-state index contributed by atoms with van der Waals surface area (Å²) >= 11 is 0. The Hall–Kier alpha value is -3.85. The first-order chi connectivity index (χ1) is 20.4. The zero-order valence-corrected chi connectivity index (χ0v) is 27.0. The summed E-state index contributed by atoms with van der Waals surface area (Å²) < 4.78 is 32.4. The van der Waals surface area contributed by atoms with Crippen LogP contribution in [0.1, 0.15) is 55.4 Å². The van der Waals surface area contributed by atoms with E-state index in [9.17, 15) is 18.0 Å². The van der Waals surface area contributed by atoms with E-state index in [1.807, 2.05) is 94.4 Å². The van der Waals surface area contributed by atoms with Crippen molar-refractivity contribution in [1.82, 2.24) is 10.2 Å². The van der Waals surface area contributed by atoms with E-state index >= 15 is 0 Å². The van der Waals surface area contributed by atoms with Crippen molar-refractivity contribution in [3.05, 3.63) is 95.1 Å². The number of nitrogens with one attached hydrogen (secondary N) is 1. The van der Waals surface area contributed by atoms with Crippen molar-refractivity contribution in [2.24, 2.45) is 0 Å². The summed E-state index contributed by atoms with van der Waals surface area (Å²) in [5, 5.41) is 3.08. The standard InChI is InChI=1S/C34H45N3O5S/c1-7-26(3)35-34(39)32(23-28-15-9-8-10-16-28)36(24-29-17-12-18-30(22-29)42-5)33(38)20-13-21-37(43(6,40)41)31-19-11-14-25(2)27(31)4/h8-12,14-19,22,26,32H,7,13,20-21,23-24H2,1-6H3,(H,35,39). The van der Waals surface area contributed by atoms with Crippen LogP contribution in [0.25, 0.3) is 0 Å². The molecule has 3 aromatic carbocycles. The van der Waals surface area contributed by atoms with Gasteiger partial charge in [-0.15, -0.1) is 0 Å². The van der Waals surface area contributed by atoms with Crippen molar-refractivity contribution >= 4 is 27.5 Å². The predicted molar refractivity (Wildman–Crippen MR) is 173 cm³/mol. The van der Waals surface area contributed by atoms with E-state index in [2.05, 4.69) is 5.32 Å². The summed E-state index contributed by atoms with van der Waals surface area (Å²) in [5.41, 5.74) is 4.24. The highest BCUT2D eigenvalue weighted by Crippen LogP contribution is 2.26. The number of anilines is 1. The van der Waals surface area contributed by atoms with Crippen molar-refractivity contribution in [3.63, 3.8) is 0 Å². The average molecular weight is 608 g/mol. The molecule has 2 unspecified atom stereocenters. The lowest BCUT2D eigenvalue weighted by Crippen LogP contribution is -2.52. The van der Waals surface area contributed by atoms with Gasteiger partial charge in [-0.1, -0.05) is 61.5 Å². The molecule has 1 N–H and O–H groups in total. The molecule has 0 saturated heterocycles. The lowest BCUT2D eigenvalue weighted by atomic mass is 10.0. The molecule has 0 aromatic heterocycles. The van der Waals surface area contributed by atoms with Gasteiger partial charge in [0.15, 0.2) is 0 Å². The lowest BCUT2D eigenvalue weighted by molar-refractivity contribution is -0.141. The van der Waals surface area contributed by atoms with Gasteiger partial charge in [0.1, 0.15) is 11.8 Å². The van der Waals surface area contributed by atoms with Crippen LogP contribution in [-0.4, -0.2) is 57.1 Å². The minimum Gasteiger partial charge on any atom is -0.497 e. The van der Waals surface area contributed by atoms with Crippen molar-refractivity contribution in [2.75, 3.05) is 24.2 Å². The monoisotopic (exact) mass is 607 g/mol. The Balaban J connectivity index is 1.93. The normalized spacial score (nSPS) is 12.7. The number of nitrogens with zero attached hydrogens (tertiary/aromatic N) is 2. The summed E-state index contributed by atoms with van der Waals surface area (Å²) in [4.78, 5) is 29.4. The number of sulfonamides is 1. The molecule has 0 aliphatic heterocycles. The van der Waals surface area contributed by atoms with Crippen LogP contribution in [0.2, 0.25) is 0 Å². The van der Waals surface area contributed by atoms with Crippen LogP contribution >= 0.6 is 0 Å². The summed E-state index contributed by atoms with van der Waals surface area (Å²) in [6.07, 6.45) is 2.65. The molecule has 0 bridgehead atoms. The van der Waals surface area contributed by atoms with E-state index < -0.39 is 16.1 Å². The second-order valence-electron chi connectivity index (χ2n) is 11.1. The van der Waals surface area contributed by atoms with E-state index in [0.717, 1.165) is 28.7 Å². The number of methoxy groups -OCH3 is 1. The van der Waals surface area contributed by atoms with Gasteiger partial charge in [-0.3, -0.25) is 13.9 Å². The van der Waals surface area contributed by atoms with Crippen LogP contribution in [0.3, 0.4) is 0 Å². The Morgan fingerprint density at radius 3 is 2.28 bits per heavy atom. The van der Waals surface area contributed by atoms with Crippen LogP contribution in [0.15, 0.2) is 72.8 Å². The molecule has 8 nitrogen and oxygen atoms in total. The van der Waals surface area contributed by atoms with Gasteiger partial charge in [0.2, 0.25) is 21.8 Å². The third kappa shape index (κ3) is 9.58. The molecule has 232 valence electrons. The number of carbonyl (C=O) groups is 2. The number of hydrogen-bond donors (Lipinski definition) is 1. The number of rotatable bonds is 15. The van der Waals surface area contributed by atoms with Crippen molar-refractivity contribution in [3.8, 4) is 5.75 Å². The van der Waals surface area contributed by atoms with E-state index in [4.69, 9.17) is 4.74 Å². The largest absolute Gasteiger partial charge is 0.497 e. The molecule has 43 heavy (non-hydrogen) atoms. The second-order valence-corrected chi connectivity index (χ2v) is 13.0. The number of ether oxygens (including phenoxy) is 1. The van der Waals surface area contributed by atoms with Gasteiger partial charge in [0.25, 0.3) is 0 Å². The smallest absolute Gasteiger partial charge is 0.243 e. The number of amides is 2. The van der Waals surface area contributed by atoms with Gasteiger partial charge in [0.05, 0.1) is 19.1 Å². The molecule has 0 radical (unpaired) electrons. The molecule has 2 atom stereocenters. The number of aryl methyl sites for hydroxylation is 1. The van der Waals surface area contributed by atoms with E-state index in [-0.39, 0.29) is 37.4 Å². The molecule has 0 heterocycles. The third-order valence-corrected chi connectivity index (χ3v) is 8.94. The first-order valence-electron chi connectivity index (χ1n) is 14.7. The lowest BCUT2D eigenvalue weighted by Gasteiger charge is -2.33. The van der Waals surface area contributed by atoms with Crippen molar-refractivity contribution in [2.45, 2.75) is 72.0 Å². The molecular formula is C34H45N3O5S. The maximum atomic E-state index is 14.0. The zero-order chi connectivity index (χ0) is 31.6. The van der Waals surface area contributed by atoms with Gasteiger partial charge >= 0.3 is 0 Å². The Kier molecular flexibility index (Phi) is 12.2. The summed E-state index contributed by atoms with van der Waals surface area (Å²) in [6, 6.07) is 21.8. The molecule has 0 aliphatic rings. The SMILES string of the molecule is CCC(C)NC(=O)C(Cc1ccccc1)N(Cc1cccc(OC)c1)C(=O)CCCN(c1cccc(C)c1C)S(C)(=O)=O. The van der Waals surface area contributed by atoms with Gasteiger partial charge in [-0.25, -0.2) is 8.42 Å². The minimum atomic E-state index is -3.59. The molecule has 0 saturated carbocycles. The van der Waals surface area contributed by atoms with Crippen LogP contribution < -0.4 is 14.4 Å². The van der Waals surface area contributed by atoms with Gasteiger partial charge in [-0.2, -0.15) is 0 Å². The first-order valence-corrected chi connectivity index (χ1v) is 16.6. The van der Waals surface area contributed by atoms with E-state index in [1.54, 1.807) is 18.1 Å². The predicted octanol–water partition coefficient (Wildman–Crippen LogP) is 5.41. The van der Waals surface area contributed by atoms with Crippen LogP contribution in [0.5, 0.6) is 5.75 Å². The topological polar surface area (TPSA) is 96.0 Å². The molecular weight excluding hydrogens is 562 g/mol. The fourth-order valence-corrected chi connectivity index (χ4v) is 5.97. The van der Waals surface area contributed by atoms with Crippen molar-refractivity contribution < 1.29 is 22.7 Å². The molecule has 0 fully saturated rings. The van der Waals surface area contributed by atoms with Gasteiger partial charge in [-0.05, 0) is 74.1 Å². The third-order valence-electron chi connectivity index (χ3n) is 7.76. The van der Waals surface area contributed by atoms with Crippen LogP contribution in [0, 0.1) is 13.8 Å². The number of hydrogen-bond acceptors (Lipinski definition) is 5. The fourth-order valence-electron chi connectivity index (χ4n) is 4.95. The summed E-state index contributed by atoms with van der Waals surface area (Å²) in [6.45, 7) is 8.13. The van der Waals surface area contributed by atoms with Crippen LogP contribution in [0.4, 0.5) is 5.69 Å². The maximum Gasteiger partial charge on any atom is 0.243 e. The van der Waals surface area contributed by atoms with Gasteiger partial charge < -0.3 is 15.0 Å². The Morgan fingerprint density at radius 2 is 1.63 bits per heavy atom. The molecule has 2 amide bonds. The molecule has 0 aliphatic carbocycles. The average Bonchev–Trinajstić information content (AvgIpc) is 2.98. The molecule has 0 spiro atoms. The minimum absolute atomic E-state index is 0.0552. The zero-order valence-electron chi connectivity index (χ0n) is 26.2. The Labute approximate surface area is 257 Å². The first kappa shape index (κ1) is 33.6. The van der Waals surface area contributed by atoms with Crippen molar-refractivity contribution in [1.29, 1.82) is 0 Å². The Morgan fingerprint density at radius 1 is 0.953 bits per heavy atom. The highest BCUT2D eigenvalue weighted by Gasteiger charge is 2.31. The molecule has 3 aromatic rings. The highest BCUT2D eigenvalue weighted by atomic mass is 32.2. The highest BCUT2D eigenvalue weighted by molar-refractivity contribution is 7.92. The summed E-state index contributed by atoms with van der Waals surface area (Å²) in [5.74, 6) is 0.214. The number of carbonyl (C=O) groups excluding carboxylic acids is 2. The second kappa shape index (κ2) is 15.6. The molecule has 9 heteroatoms. The number of benzene rings is 3. The van der Waals surface area contributed by atoms with Gasteiger partial charge in [0, 0.05) is 32.0 Å². The van der Waals surface area contributed by atoms with E-state index in [0.29, 0.717) is 24.3 Å². The maximum absolute atomic E-state index is 14.0. The Bertz CT molecular complexity index is 1480. The quantitative estimate of drug-likeness (QED) is 0.249. The molecule has 3 rings (SSSR count). The fraction of sp³-hybridized carbons (Fsp3) is 0.412. The van der Waals surface area contributed by atoms with Crippen LogP contribution in [-0.2, 0) is 32.6 Å². The summed E-state index contributed by atoms with van der Waals surface area (Å²) in [7, 11) is -2.00.